The van der Waals surface area contributed by atoms with E-state index in [9.17, 15) is 28.8 Å². The van der Waals surface area contributed by atoms with Crippen molar-refractivity contribution in [2.75, 3.05) is 0 Å². The molecular weight excluding hydrogens is 347 g/mol. The van der Waals surface area contributed by atoms with Gasteiger partial charge in [0.05, 0.1) is 40.0 Å². The largest absolute Gasteiger partial charge is 1.00 e. The van der Waals surface area contributed by atoms with Gasteiger partial charge in [-0.2, -0.15) is 0 Å². The predicted octanol–water partition coefficient (Wildman–Crippen LogP) is -4.69. The molecular formula is C14H17N2NaO6S. The van der Waals surface area contributed by atoms with E-state index >= 15 is 0 Å². The number of fused-ring (bicyclic) bond motifs is 1. The van der Waals surface area contributed by atoms with Gasteiger partial charge in [-0.05, 0) is 13.8 Å². The van der Waals surface area contributed by atoms with Gasteiger partial charge in [0.1, 0.15) is 0 Å². The third-order valence-electron chi connectivity index (χ3n) is 3.79. The molecule has 2 heterocycles. The molecule has 2 amide bonds. The standard InChI is InChI=1S/C14H18N2O6S.Na/c1-7(17)15-4-5-23(22)9-6-8-10(14(2,3)21)12(18)16(8)11(9)13(19)20;/h4-5,8,10,21H,6H2,1-3H3,(H,15,17)(H,19,20);/q;+1/p-1/t8-,10+,23+;/m1./s1. The molecule has 1 saturated heterocycles. The van der Waals surface area contributed by atoms with E-state index in [4.69, 9.17) is 0 Å². The van der Waals surface area contributed by atoms with Crippen LogP contribution in [0.3, 0.4) is 0 Å². The molecule has 3 atom stereocenters. The van der Waals surface area contributed by atoms with E-state index in [1.807, 2.05) is 0 Å². The van der Waals surface area contributed by atoms with Crippen molar-refractivity contribution in [2.24, 2.45) is 5.92 Å². The average molecular weight is 364 g/mol. The van der Waals surface area contributed by atoms with Crippen molar-refractivity contribution in [3.63, 3.8) is 0 Å². The summed E-state index contributed by atoms with van der Waals surface area (Å²) in [5.74, 6) is -3.24. The molecule has 0 aromatic heterocycles. The van der Waals surface area contributed by atoms with Crippen molar-refractivity contribution < 1.29 is 58.4 Å². The smallest absolute Gasteiger partial charge is 0.543 e. The third-order valence-corrected chi connectivity index (χ3v) is 5.02. The van der Waals surface area contributed by atoms with Crippen molar-refractivity contribution in [1.29, 1.82) is 0 Å². The second-order valence-corrected chi connectivity index (χ2v) is 7.33. The fraction of sp³-hybridized carbons (Fsp3) is 0.500. The maximum Gasteiger partial charge on any atom is 1.00 e. The van der Waals surface area contributed by atoms with Crippen LogP contribution in [0.2, 0.25) is 0 Å². The van der Waals surface area contributed by atoms with Crippen LogP contribution in [0.25, 0.3) is 0 Å². The number of hydrogen-bond acceptors (Lipinski definition) is 6. The fourth-order valence-electron chi connectivity index (χ4n) is 2.91. The SMILES string of the molecule is CC(=O)NC=C[S@](=O)C1=C(C(=O)[O-])N2C(=O)[C@@H](C(C)(C)O)[C@H]2C1.[Na+]. The van der Waals surface area contributed by atoms with Gasteiger partial charge in [0.15, 0.2) is 0 Å². The van der Waals surface area contributed by atoms with Crippen LogP contribution in [-0.4, -0.2) is 43.6 Å². The molecule has 0 radical (unpaired) electrons. The Morgan fingerprint density at radius 2 is 2.04 bits per heavy atom. The minimum Gasteiger partial charge on any atom is -0.543 e. The Labute approximate surface area is 163 Å². The first kappa shape index (κ1) is 21.0. The molecule has 0 unspecified atom stereocenters. The number of carboxylic acid groups (broad SMARTS) is 1. The van der Waals surface area contributed by atoms with Crippen molar-refractivity contribution in [3.05, 3.63) is 22.2 Å². The van der Waals surface area contributed by atoms with Crippen LogP contribution in [-0.2, 0) is 25.2 Å². The zero-order valence-corrected chi connectivity index (χ0v) is 16.7. The van der Waals surface area contributed by atoms with E-state index in [-0.39, 0.29) is 46.8 Å². The topological polar surface area (TPSA) is 127 Å². The van der Waals surface area contributed by atoms with Crippen LogP contribution in [0.15, 0.2) is 22.2 Å². The van der Waals surface area contributed by atoms with E-state index in [1.165, 1.54) is 20.8 Å². The van der Waals surface area contributed by atoms with Gasteiger partial charge in [0, 0.05) is 29.9 Å². The summed E-state index contributed by atoms with van der Waals surface area (Å²) in [4.78, 5) is 35.3. The molecule has 1 fully saturated rings. The molecule has 0 aromatic rings. The van der Waals surface area contributed by atoms with Crippen molar-refractivity contribution in [2.45, 2.75) is 38.8 Å². The molecule has 0 saturated carbocycles. The minimum absolute atomic E-state index is 0. The Kier molecular flexibility index (Phi) is 6.56. The second-order valence-electron chi connectivity index (χ2n) is 5.97. The molecule has 0 aliphatic carbocycles. The predicted molar refractivity (Wildman–Crippen MR) is 78.2 cm³/mol. The number of carbonyl (C=O) groups excluding carboxylic acids is 3. The molecule has 10 heteroatoms. The molecule has 126 valence electrons. The summed E-state index contributed by atoms with van der Waals surface area (Å²) in [5, 5.41) is 24.8. The van der Waals surface area contributed by atoms with E-state index in [2.05, 4.69) is 5.32 Å². The zero-order valence-electron chi connectivity index (χ0n) is 13.9. The zero-order chi connectivity index (χ0) is 17.5. The van der Waals surface area contributed by atoms with Gasteiger partial charge in [-0.25, -0.2) is 4.21 Å². The molecule has 0 aromatic carbocycles. The Morgan fingerprint density at radius 3 is 2.50 bits per heavy atom. The van der Waals surface area contributed by atoms with Crippen LogP contribution < -0.4 is 40.0 Å². The van der Waals surface area contributed by atoms with Gasteiger partial charge in [-0.3, -0.25) is 9.59 Å². The minimum atomic E-state index is -1.83. The number of carboxylic acids is 1. The number of rotatable bonds is 5. The summed E-state index contributed by atoms with van der Waals surface area (Å²) in [7, 11) is -1.83. The average Bonchev–Trinajstić information content (AvgIpc) is 2.71. The number of β-lactam (4-membered cyclic amide) rings is 1. The van der Waals surface area contributed by atoms with Crippen LogP contribution in [0.5, 0.6) is 0 Å². The summed E-state index contributed by atoms with van der Waals surface area (Å²) >= 11 is 0. The van der Waals surface area contributed by atoms with Crippen molar-refractivity contribution in [1.82, 2.24) is 10.2 Å². The van der Waals surface area contributed by atoms with E-state index in [0.717, 1.165) is 16.5 Å². The van der Waals surface area contributed by atoms with E-state index in [0.29, 0.717) is 0 Å². The number of nitrogens with zero attached hydrogens (tertiary/aromatic N) is 1. The van der Waals surface area contributed by atoms with E-state index < -0.39 is 45.9 Å². The quantitative estimate of drug-likeness (QED) is 0.373. The fourth-order valence-corrected chi connectivity index (χ4v) is 3.97. The number of aliphatic carboxylic acids is 1. The van der Waals surface area contributed by atoms with Gasteiger partial charge >= 0.3 is 29.6 Å². The van der Waals surface area contributed by atoms with Crippen LogP contribution >= 0.6 is 0 Å². The Morgan fingerprint density at radius 1 is 1.46 bits per heavy atom. The molecule has 2 rings (SSSR count). The number of carbonyl (C=O) groups is 3. The summed E-state index contributed by atoms with van der Waals surface area (Å²) in [5.41, 5.74) is -1.72. The Balaban J connectivity index is 0.00000288. The Hall–Kier alpha value is -1.00. The first-order valence-corrected chi connectivity index (χ1v) is 8.11. The van der Waals surface area contributed by atoms with Crippen molar-refractivity contribution >= 4 is 28.6 Å². The summed E-state index contributed by atoms with van der Waals surface area (Å²) in [6.07, 6.45) is 1.23. The number of amides is 2. The Bertz CT molecular complexity index is 667. The van der Waals surface area contributed by atoms with E-state index in [1.54, 1.807) is 0 Å². The van der Waals surface area contributed by atoms with Gasteiger partial charge in [0.2, 0.25) is 11.8 Å². The summed E-state index contributed by atoms with van der Waals surface area (Å²) < 4.78 is 12.2. The molecule has 8 nitrogen and oxygen atoms in total. The van der Waals surface area contributed by atoms with Gasteiger partial charge in [-0.1, -0.05) is 0 Å². The van der Waals surface area contributed by atoms with Gasteiger partial charge < -0.3 is 25.2 Å². The summed E-state index contributed by atoms with van der Waals surface area (Å²) in [6, 6.07) is -0.552. The number of nitrogens with one attached hydrogen (secondary N) is 1. The first-order valence-electron chi connectivity index (χ1n) is 6.90. The summed E-state index contributed by atoms with van der Waals surface area (Å²) in [6.45, 7) is 4.21. The molecule has 24 heavy (non-hydrogen) atoms. The number of aliphatic hydroxyl groups is 1. The van der Waals surface area contributed by atoms with Gasteiger partial charge in [-0.15, -0.1) is 0 Å². The van der Waals surface area contributed by atoms with Crippen LogP contribution in [0.1, 0.15) is 27.2 Å². The molecule has 0 spiro atoms. The van der Waals surface area contributed by atoms with Crippen molar-refractivity contribution in [3.8, 4) is 0 Å². The van der Waals surface area contributed by atoms with Crippen LogP contribution in [0.4, 0.5) is 0 Å². The maximum absolute atomic E-state index is 12.2. The first-order chi connectivity index (χ1) is 10.6. The normalized spacial score (nSPS) is 24.3. The monoisotopic (exact) mass is 364 g/mol. The second kappa shape index (κ2) is 7.49. The third kappa shape index (κ3) is 3.80. The molecule has 2 aliphatic heterocycles. The number of hydrogen-bond donors (Lipinski definition) is 2. The van der Waals surface area contributed by atoms with Gasteiger partial charge in [0.25, 0.3) is 0 Å². The maximum atomic E-state index is 12.2. The molecule has 0 bridgehead atoms. The molecule has 2 N–H and O–H groups in total. The van der Waals surface area contributed by atoms with Crippen LogP contribution in [0, 0.1) is 5.92 Å². The molecule has 2 aliphatic rings.